The highest BCUT2D eigenvalue weighted by atomic mass is 16.5. The van der Waals surface area contributed by atoms with Gasteiger partial charge in [0.2, 0.25) is 0 Å². The highest BCUT2D eigenvalue weighted by Crippen LogP contribution is 2.28. The number of urea groups is 3. The molecule has 4 N–H and O–H groups in total. The van der Waals surface area contributed by atoms with Gasteiger partial charge >= 0.3 is 18.1 Å². The summed E-state index contributed by atoms with van der Waals surface area (Å²) in [6.07, 6.45) is -0.459. The minimum Gasteiger partial charge on any atom is -0.493 e. The van der Waals surface area contributed by atoms with Gasteiger partial charge in [0, 0.05) is 27.2 Å². The highest BCUT2D eigenvalue weighted by molar-refractivity contribution is 5.82. The molecule has 0 aromatic heterocycles. The van der Waals surface area contributed by atoms with Crippen molar-refractivity contribution in [1.29, 1.82) is 0 Å². The molecule has 1 fully saturated rings. The molecule has 0 bridgehead atoms. The minimum absolute atomic E-state index is 0.341. The Morgan fingerprint density at radius 3 is 1.40 bits per heavy atom. The first-order valence-electron chi connectivity index (χ1n) is 12.7. The van der Waals surface area contributed by atoms with Crippen LogP contribution in [0.25, 0.3) is 0 Å². The van der Waals surface area contributed by atoms with Crippen LogP contribution in [-0.4, -0.2) is 95.8 Å². The van der Waals surface area contributed by atoms with Gasteiger partial charge in [0.25, 0.3) is 0 Å². The van der Waals surface area contributed by atoms with Crippen molar-refractivity contribution in [2.24, 2.45) is 0 Å². The minimum atomic E-state index is -0.782. The molecule has 0 saturated carbocycles. The Kier molecular flexibility index (Phi) is 10.5. The lowest BCUT2D eigenvalue weighted by atomic mass is 10.1. The standard InChI is InChI=1S/C27H38N6O7/c1-32-23(30-25(34)28-13-11-17-7-9-19(37-3)21(15-17)39-5)24(33(2)27(32)36)31-26(35)29-14-12-18-8-10-20(38-4)22(16-18)40-6/h7-10,15-16,23-24H,11-14H2,1-6H3,(H2,28,30,34)(H2,29,31,35). The summed E-state index contributed by atoms with van der Waals surface area (Å²) in [7, 11) is 9.38. The zero-order valence-electron chi connectivity index (χ0n) is 23.7. The molecule has 0 aliphatic carbocycles. The maximum Gasteiger partial charge on any atom is 0.323 e. The number of nitrogens with zero attached hydrogens (tertiary/aromatic N) is 2. The monoisotopic (exact) mass is 558 g/mol. The van der Waals surface area contributed by atoms with Crippen molar-refractivity contribution < 1.29 is 33.3 Å². The van der Waals surface area contributed by atoms with Crippen molar-refractivity contribution in [1.82, 2.24) is 31.1 Å². The Hall–Kier alpha value is -4.55. The Bertz CT molecular complexity index is 1100. The van der Waals surface area contributed by atoms with Gasteiger partial charge in [-0.15, -0.1) is 0 Å². The number of amides is 6. The predicted octanol–water partition coefficient (Wildman–Crippen LogP) is 1.75. The first-order chi connectivity index (χ1) is 19.2. The van der Waals surface area contributed by atoms with E-state index in [1.165, 1.54) is 9.80 Å². The van der Waals surface area contributed by atoms with Crippen molar-refractivity contribution in [2.45, 2.75) is 25.2 Å². The lowest BCUT2D eigenvalue weighted by Gasteiger charge is -2.27. The fourth-order valence-corrected chi connectivity index (χ4v) is 4.35. The van der Waals surface area contributed by atoms with Gasteiger partial charge in [-0.2, -0.15) is 0 Å². The normalized spacial score (nSPS) is 16.3. The summed E-state index contributed by atoms with van der Waals surface area (Å²) < 4.78 is 21.1. The van der Waals surface area contributed by atoms with Crippen LogP contribution < -0.4 is 40.2 Å². The van der Waals surface area contributed by atoms with Gasteiger partial charge in [-0.25, -0.2) is 14.4 Å². The van der Waals surface area contributed by atoms with E-state index in [4.69, 9.17) is 18.9 Å². The van der Waals surface area contributed by atoms with Gasteiger partial charge in [-0.1, -0.05) is 12.1 Å². The SMILES string of the molecule is COc1ccc(CCNC(=O)NC2C(NC(=O)NCCc3ccc(OC)c(OC)c3)N(C)C(=O)N2C)cc1OC. The second-order valence-corrected chi connectivity index (χ2v) is 9.07. The molecule has 1 aliphatic heterocycles. The smallest absolute Gasteiger partial charge is 0.323 e. The average molecular weight is 559 g/mol. The first kappa shape index (κ1) is 30.0. The van der Waals surface area contributed by atoms with Gasteiger partial charge in [0.1, 0.15) is 12.3 Å². The summed E-state index contributed by atoms with van der Waals surface area (Å²) >= 11 is 0. The number of benzene rings is 2. The summed E-state index contributed by atoms with van der Waals surface area (Å²) in [5.41, 5.74) is 1.91. The van der Waals surface area contributed by atoms with Crippen LogP contribution in [0, 0.1) is 0 Å². The predicted molar refractivity (Wildman–Crippen MR) is 148 cm³/mol. The Morgan fingerprint density at radius 1 is 0.675 bits per heavy atom. The summed E-state index contributed by atoms with van der Waals surface area (Å²) in [6.45, 7) is 0.687. The lowest BCUT2D eigenvalue weighted by molar-refractivity contribution is 0.194. The molecule has 2 aromatic carbocycles. The lowest BCUT2D eigenvalue weighted by Crippen LogP contribution is -2.59. The summed E-state index contributed by atoms with van der Waals surface area (Å²) in [5.74, 6) is 2.46. The molecule has 0 radical (unpaired) electrons. The van der Waals surface area contributed by atoms with Crippen LogP contribution in [0.5, 0.6) is 23.0 Å². The first-order valence-corrected chi connectivity index (χ1v) is 12.7. The van der Waals surface area contributed by atoms with Crippen LogP contribution in [0.15, 0.2) is 36.4 Å². The number of rotatable bonds is 12. The zero-order chi connectivity index (χ0) is 29.2. The second kappa shape index (κ2) is 14.0. The number of ether oxygens (including phenoxy) is 4. The number of likely N-dealkylation sites (N-methyl/N-ethyl adjacent to an activating group) is 2. The number of hydrogen-bond acceptors (Lipinski definition) is 7. The van der Waals surface area contributed by atoms with E-state index in [9.17, 15) is 14.4 Å². The number of carbonyl (C=O) groups excluding carboxylic acids is 3. The van der Waals surface area contributed by atoms with E-state index < -0.39 is 24.4 Å². The fourth-order valence-electron chi connectivity index (χ4n) is 4.35. The summed E-state index contributed by atoms with van der Waals surface area (Å²) in [6, 6.07) is 9.80. The van der Waals surface area contributed by atoms with E-state index in [-0.39, 0.29) is 6.03 Å². The average Bonchev–Trinajstić information content (AvgIpc) is 3.15. The largest absolute Gasteiger partial charge is 0.493 e. The molecule has 13 nitrogen and oxygen atoms in total. The topological polar surface area (TPSA) is 143 Å². The molecule has 1 aliphatic rings. The van der Waals surface area contributed by atoms with Crippen molar-refractivity contribution in [3.63, 3.8) is 0 Å². The van der Waals surface area contributed by atoms with Gasteiger partial charge in [-0.05, 0) is 48.2 Å². The summed E-state index contributed by atoms with van der Waals surface area (Å²) in [5, 5.41) is 11.1. The molecule has 2 unspecified atom stereocenters. The summed E-state index contributed by atoms with van der Waals surface area (Å²) in [4.78, 5) is 40.6. The molecule has 40 heavy (non-hydrogen) atoms. The van der Waals surface area contributed by atoms with Crippen molar-refractivity contribution in [2.75, 3.05) is 55.6 Å². The molecule has 0 spiro atoms. The quantitative estimate of drug-likeness (QED) is 0.311. The van der Waals surface area contributed by atoms with Crippen LogP contribution in [0.3, 0.4) is 0 Å². The van der Waals surface area contributed by atoms with E-state index in [2.05, 4.69) is 21.3 Å². The number of hydrogen-bond donors (Lipinski definition) is 4. The highest BCUT2D eigenvalue weighted by Gasteiger charge is 2.43. The van der Waals surface area contributed by atoms with Gasteiger partial charge < -0.3 is 50.0 Å². The van der Waals surface area contributed by atoms with Crippen molar-refractivity contribution in [3.8, 4) is 23.0 Å². The molecule has 13 heteroatoms. The Morgan fingerprint density at radius 2 is 1.05 bits per heavy atom. The van der Waals surface area contributed by atoms with E-state index in [1.807, 2.05) is 24.3 Å². The third kappa shape index (κ3) is 7.30. The third-order valence-electron chi connectivity index (χ3n) is 6.59. The molecule has 2 aromatic rings. The van der Waals surface area contributed by atoms with Crippen LogP contribution in [0.4, 0.5) is 14.4 Å². The number of methoxy groups -OCH3 is 4. The Labute approximate surface area is 234 Å². The Balaban J connectivity index is 1.50. The molecule has 1 saturated heterocycles. The maximum absolute atomic E-state index is 12.7. The maximum atomic E-state index is 12.7. The van der Waals surface area contributed by atoms with Gasteiger partial charge in [0.15, 0.2) is 23.0 Å². The van der Waals surface area contributed by atoms with Crippen LogP contribution in [-0.2, 0) is 12.8 Å². The molecule has 2 atom stereocenters. The van der Waals surface area contributed by atoms with Crippen molar-refractivity contribution in [3.05, 3.63) is 47.5 Å². The van der Waals surface area contributed by atoms with Gasteiger partial charge in [0.05, 0.1) is 28.4 Å². The number of nitrogens with one attached hydrogen (secondary N) is 4. The van der Waals surface area contributed by atoms with Gasteiger partial charge in [-0.3, -0.25) is 0 Å². The van der Waals surface area contributed by atoms with Crippen LogP contribution in [0.2, 0.25) is 0 Å². The van der Waals surface area contributed by atoms with E-state index in [1.54, 1.807) is 54.7 Å². The van der Waals surface area contributed by atoms with E-state index in [0.29, 0.717) is 48.9 Å². The molecular weight excluding hydrogens is 520 g/mol. The van der Waals surface area contributed by atoms with E-state index in [0.717, 1.165) is 11.1 Å². The second-order valence-electron chi connectivity index (χ2n) is 9.07. The molecule has 1 heterocycles. The number of carbonyl (C=O) groups is 3. The zero-order valence-corrected chi connectivity index (χ0v) is 23.7. The molecule has 6 amide bonds. The van der Waals surface area contributed by atoms with Crippen LogP contribution in [0.1, 0.15) is 11.1 Å². The third-order valence-corrected chi connectivity index (χ3v) is 6.59. The van der Waals surface area contributed by atoms with Crippen molar-refractivity contribution >= 4 is 18.1 Å². The molecule has 218 valence electrons. The van der Waals surface area contributed by atoms with Crippen LogP contribution >= 0.6 is 0 Å². The molecule has 3 rings (SSSR count). The fraction of sp³-hybridized carbons (Fsp3) is 0.444. The molecular formula is C27H38N6O7. The van der Waals surface area contributed by atoms with E-state index >= 15 is 0 Å².